The molecule has 0 spiro atoms. The van der Waals surface area contributed by atoms with Crippen LogP contribution in [0.3, 0.4) is 0 Å². The first kappa shape index (κ1) is 27.3. The highest BCUT2D eigenvalue weighted by molar-refractivity contribution is 5.75. The number of nitrogens with zero attached hydrogens (tertiary/aromatic N) is 3. The maximum atomic E-state index is 14.4. The molecule has 2 amide bonds. The van der Waals surface area contributed by atoms with E-state index in [9.17, 15) is 18.7 Å². The summed E-state index contributed by atoms with van der Waals surface area (Å²) < 4.78 is 27.4. The van der Waals surface area contributed by atoms with Crippen molar-refractivity contribution in [2.24, 2.45) is 5.92 Å². The molecule has 3 aromatic carbocycles. The predicted molar refractivity (Wildman–Crippen MR) is 147 cm³/mol. The lowest BCUT2D eigenvalue weighted by Gasteiger charge is -2.38. The molecule has 2 aliphatic rings. The summed E-state index contributed by atoms with van der Waals surface area (Å²) in [6, 6.07) is 21.6. The van der Waals surface area contributed by atoms with Crippen molar-refractivity contribution in [3.63, 3.8) is 0 Å². The van der Waals surface area contributed by atoms with E-state index in [0.29, 0.717) is 25.4 Å². The smallest absolute Gasteiger partial charge is 0.335 e. The summed E-state index contributed by atoms with van der Waals surface area (Å²) >= 11 is 0. The Labute approximate surface area is 229 Å². The SMILES string of the molecule is O=C1N(Cc2ccc(F)cc2)C(Cc2ccccc2)C(O)CN(CC2CCCCC2)N1Cc1ccc(F)cc1. The quantitative estimate of drug-likeness (QED) is 0.377. The molecule has 1 aliphatic heterocycles. The lowest BCUT2D eigenvalue weighted by Crippen LogP contribution is -2.52. The van der Waals surface area contributed by atoms with E-state index >= 15 is 0 Å². The number of carbonyl (C=O) groups excluding carboxylic acids is 1. The number of benzene rings is 3. The number of hydrazine groups is 1. The van der Waals surface area contributed by atoms with E-state index in [0.717, 1.165) is 29.5 Å². The molecule has 1 heterocycles. The van der Waals surface area contributed by atoms with Crippen molar-refractivity contribution >= 4 is 6.03 Å². The van der Waals surface area contributed by atoms with Gasteiger partial charge in [-0.2, -0.15) is 0 Å². The molecule has 0 aromatic heterocycles. The van der Waals surface area contributed by atoms with Crippen LogP contribution < -0.4 is 0 Å². The van der Waals surface area contributed by atoms with Gasteiger partial charge >= 0.3 is 6.03 Å². The van der Waals surface area contributed by atoms with Gasteiger partial charge in [0.05, 0.1) is 18.7 Å². The minimum Gasteiger partial charge on any atom is -0.390 e. The number of urea groups is 1. The zero-order valence-electron chi connectivity index (χ0n) is 22.3. The van der Waals surface area contributed by atoms with Gasteiger partial charge in [-0.15, -0.1) is 0 Å². The van der Waals surface area contributed by atoms with Crippen LogP contribution in [0.15, 0.2) is 78.9 Å². The molecular weight excluding hydrogens is 496 g/mol. The second kappa shape index (κ2) is 12.7. The van der Waals surface area contributed by atoms with Crippen molar-refractivity contribution in [2.75, 3.05) is 13.1 Å². The van der Waals surface area contributed by atoms with Crippen LogP contribution in [0.2, 0.25) is 0 Å². The number of aliphatic hydroxyl groups excluding tert-OH is 1. The fourth-order valence-corrected chi connectivity index (χ4v) is 5.90. The van der Waals surface area contributed by atoms with Gasteiger partial charge in [0.1, 0.15) is 11.6 Å². The van der Waals surface area contributed by atoms with E-state index in [1.54, 1.807) is 34.2 Å². The van der Waals surface area contributed by atoms with Gasteiger partial charge in [0.15, 0.2) is 0 Å². The number of hydrogen-bond donors (Lipinski definition) is 1. The van der Waals surface area contributed by atoms with Crippen LogP contribution in [0.5, 0.6) is 0 Å². The molecule has 1 saturated carbocycles. The number of hydrogen-bond acceptors (Lipinski definition) is 3. The molecule has 1 saturated heterocycles. The zero-order valence-corrected chi connectivity index (χ0v) is 22.3. The summed E-state index contributed by atoms with van der Waals surface area (Å²) in [6.45, 7) is 1.52. The first-order chi connectivity index (χ1) is 19.0. The predicted octanol–water partition coefficient (Wildman–Crippen LogP) is 6.17. The van der Waals surface area contributed by atoms with Gasteiger partial charge in [-0.3, -0.25) is 5.01 Å². The largest absolute Gasteiger partial charge is 0.390 e. The highest BCUT2D eigenvalue weighted by Gasteiger charge is 2.40. The maximum absolute atomic E-state index is 14.4. The third-order valence-electron chi connectivity index (χ3n) is 8.04. The topological polar surface area (TPSA) is 47.0 Å². The van der Waals surface area contributed by atoms with E-state index in [1.807, 2.05) is 35.3 Å². The van der Waals surface area contributed by atoms with Crippen LogP contribution in [-0.4, -0.2) is 51.3 Å². The summed E-state index contributed by atoms with van der Waals surface area (Å²) in [5.41, 5.74) is 2.64. The normalized spacial score (nSPS) is 21.3. The summed E-state index contributed by atoms with van der Waals surface area (Å²) in [4.78, 5) is 16.2. The van der Waals surface area contributed by atoms with Crippen molar-refractivity contribution in [1.29, 1.82) is 0 Å². The van der Waals surface area contributed by atoms with Gasteiger partial charge < -0.3 is 10.0 Å². The molecule has 2 unspecified atom stereocenters. The van der Waals surface area contributed by atoms with Crippen LogP contribution >= 0.6 is 0 Å². The van der Waals surface area contributed by atoms with E-state index < -0.39 is 12.1 Å². The highest BCUT2D eigenvalue weighted by Crippen LogP contribution is 2.29. The van der Waals surface area contributed by atoms with Gasteiger partial charge in [-0.25, -0.2) is 18.6 Å². The molecule has 39 heavy (non-hydrogen) atoms. The third-order valence-corrected chi connectivity index (χ3v) is 8.04. The number of amides is 2. The molecule has 0 bridgehead atoms. The zero-order chi connectivity index (χ0) is 27.2. The second-order valence-corrected chi connectivity index (χ2v) is 10.9. The standard InChI is InChI=1S/C32H37F2N3O2/c33-28-15-11-26(12-16-28)21-36-30(19-24-7-3-1-4-8-24)31(38)23-35(20-25-9-5-2-6-10-25)37(32(36)39)22-27-13-17-29(34)18-14-27/h1,3-4,7-8,11-18,25,30-31,38H,2,5-6,9-10,19-23H2. The summed E-state index contributed by atoms with van der Waals surface area (Å²) in [6.07, 6.45) is 5.52. The Morgan fingerprint density at radius 3 is 1.95 bits per heavy atom. The Morgan fingerprint density at radius 1 is 0.744 bits per heavy atom. The van der Waals surface area contributed by atoms with E-state index in [2.05, 4.69) is 0 Å². The number of β-amino-alcohol motifs (C(OH)–C–C–N with tert-alkyl or cyclic N) is 1. The molecule has 206 valence electrons. The Kier molecular flexibility index (Phi) is 8.89. The molecule has 2 atom stereocenters. The minimum absolute atomic E-state index is 0.211. The molecule has 7 heteroatoms. The lowest BCUT2D eigenvalue weighted by molar-refractivity contribution is -0.0287. The van der Waals surface area contributed by atoms with Crippen LogP contribution in [0.25, 0.3) is 0 Å². The fraction of sp³-hybridized carbons (Fsp3) is 0.406. The van der Waals surface area contributed by atoms with Gasteiger partial charge in [0.2, 0.25) is 0 Å². The Morgan fingerprint density at radius 2 is 1.33 bits per heavy atom. The van der Waals surface area contributed by atoms with Crippen molar-refractivity contribution in [3.05, 3.63) is 107 Å². The average Bonchev–Trinajstić information content (AvgIpc) is 3.03. The van der Waals surface area contributed by atoms with Gasteiger partial charge in [0.25, 0.3) is 0 Å². The third kappa shape index (κ3) is 7.02. The van der Waals surface area contributed by atoms with Crippen LogP contribution in [0.1, 0.15) is 48.8 Å². The van der Waals surface area contributed by atoms with Gasteiger partial charge in [-0.1, -0.05) is 73.9 Å². The van der Waals surface area contributed by atoms with E-state index in [-0.39, 0.29) is 30.8 Å². The molecular formula is C32H37F2N3O2. The first-order valence-electron chi connectivity index (χ1n) is 14.0. The molecule has 3 aromatic rings. The number of halogens is 2. The first-order valence-corrected chi connectivity index (χ1v) is 14.0. The van der Waals surface area contributed by atoms with E-state index in [1.165, 1.54) is 43.5 Å². The van der Waals surface area contributed by atoms with Gasteiger partial charge in [0, 0.05) is 19.6 Å². The summed E-state index contributed by atoms with van der Waals surface area (Å²) in [7, 11) is 0. The summed E-state index contributed by atoms with van der Waals surface area (Å²) in [5.74, 6) is -0.208. The molecule has 5 nitrogen and oxygen atoms in total. The Hall–Kier alpha value is -3.29. The second-order valence-electron chi connectivity index (χ2n) is 10.9. The van der Waals surface area contributed by atoms with Crippen LogP contribution in [0, 0.1) is 17.6 Å². The van der Waals surface area contributed by atoms with Crippen molar-refractivity contribution in [1.82, 2.24) is 14.9 Å². The number of carbonyl (C=O) groups is 1. The van der Waals surface area contributed by atoms with Crippen molar-refractivity contribution in [2.45, 2.75) is 63.8 Å². The van der Waals surface area contributed by atoms with Crippen molar-refractivity contribution < 1.29 is 18.7 Å². The molecule has 1 N–H and O–H groups in total. The van der Waals surface area contributed by atoms with Gasteiger partial charge in [-0.05, 0) is 66.1 Å². The highest BCUT2D eigenvalue weighted by atomic mass is 19.1. The lowest BCUT2D eigenvalue weighted by atomic mass is 9.89. The van der Waals surface area contributed by atoms with Crippen LogP contribution in [-0.2, 0) is 19.5 Å². The molecule has 5 rings (SSSR count). The fourth-order valence-electron chi connectivity index (χ4n) is 5.90. The number of aliphatic hydroxyl groups is 1. The number of rotatable bonds is 8. The molecule has 2 fully saturated rings. The van der Waals surface area contributed by atoms with E-state index in [4.69, 9.17) is 0 Å². The Bertz CT molecular complexity index is 1200. The Balaban J connectivity index is 1.50. The summed E-state index contributed by atoms with van der Waals surface area (Å²) in [5, 5.41) is 15.4. The maximum Gasteiger partial charge on any atom is 0.335 e. The molecule has 0 radical (unpaired) electrons. The monoisotopic (exact) mass is 533 g/mol. The van der Waals surface area contributed by atoms with Crippen LogP contribution in [0.4, 0.5) is 13.6 Å². The molecule has 1 aliphatic carbocycles. The minimum atomic E-state index is -0.795. The van der Waals surface area contributed by atoms with Crippen molar-refractivity contribution in [3.8, 4) is 0 Å². The average molecular weight is 534 g/mol.